The molecule has 0 fully saturated rings. The van der Waals surface area contributed by atoms with Gasteiger partial charge in [0.25, 0.3) is 0 Å². The Hall–Kier alpha value is 0.270. The molecule has 0 aromatic carbocycles. The number of aliphatic hydroxyl groups is 1. The van der Waals surface area contributed by atoms with Gasteiger partial charge in [-0.3, -0.25) is 0 Å². The number of rotatable bonds is 6. The number of nitrogens with one attached hydrogen (secondary N) is 1. The Labute approximate surface area is 73.8 Å². The Kier molecular flexibility index (Phi) is 7.12. The maximum absolute atomic E-state index is 9.03. The van der Waals surface area contributed by atoms with Gasteiger partial charge in [-0.25, -0.2) is 0 Å². The van der Waals surface area contributed by atoms with E-state index in [0.717, 1.165) is 18.7 Å². The summed E-state index contributed by atoms with van der Waals surface area (Å²) in [5.74, 6) is 1.14. The van der Waals surface area contributed by atoms with Gasteiger partial charge in [0.15, 0.2) is 0 Å². The van der Waals surface area contributed by atoms with E-state index in [1.165, 1.54) is 0 Å². The highest BCUT2D eigenvalue weighted by atomic mass is 32.2. The fraction of sp³-hybridized carbons (Fsp3) is 1.00. The highest BCUT2D eigenvalue weighted by molar-refractivity contribution is 7.98. The molecule has 3 heteroatoms. The summed E-state index contributed by atoms with van der Waals surface area (Å²) >= 11 is 1.84. The van der Waals surface area contributed by atoms with Gasteiger partial charge in [-0.2, -0.15) is 11.8 Å². The summed E-state index contributed by atoms with van der Waals surface area (Å²) in [6, 6.07) is 0.433. The topological polar surface area (TPSA) is 32.3 Å². The SMILES string of the molecule is CSCCNC(C)CC(C)O. The van der Waals surface area contributed by atoms with Crippen molar-refractivity contribution in [3.05, 3.63) is 0 Å². The molecule has 0 aromatic heterocycles. The molecular formula is C8H19NOS. The van der Waals surface area contributed by atoms with Crippen LogP contribution in [0.4, 0.5) is 0 Å². The predicted octanol–water partition coefficient (Wildman–Crippen LogP) is 1.10. The second-order valence-corrected chi connectivity index (χ2v) is 3.92. The van der Waals surface area contributed by atoms with Crippen LogP contribution in [0.25, 0.3) is 0 Å². The van der Waals surface area contributed by atoms with Gasteiger partial charge in [-0.1, -0.05) is 0 Å². The van der Waals surface area contributed by atoms with Crippen molar-refractivity contribution >= 4 is 11.8 Å². The first kappa shape index (κ1) is 11.3. The van der Waals surface area contributed by atoms with Crippen LogP contribution < -0.4 is 5.32 Å². The molecule has 0 aliphatic heterocycles. The van der Waals surface area contributed by atoms with Gasteiger partial charge in [0, 0.05) is 18.3 Å². The Balaban J connectivity index is 3.15. The van der Waals surface area contributed by atoms with E-state index in [-0.39, 0.29) is 6.10 Å². The summed E-state index contributed by atoms with van der Waals surface area (Å²) in [6.07, 6.45) is 2.75. The monoisotopic (exact) mass is 177 g/mol. The van der Waals surface area contributed by atoms with Crippen molar-refractivity contribution in [3.63, 3.8) is 0 Å². The number of hydrogen-bond donors (Lipinski definition) is 2. The highest BCUT2D eigenvalue weighted by Crippen LogP contribution is 1.96. The largest absolute Gasteiger partial charge is 0.393 e. The molecule has 0 heterocycles. The van der Waals surface area contributed by atoms with E-state index in [1.807, 2.05) is 18.7 Å². The van der Waals surface area contributed by atoms with E-state index < -0.39 is 0 Å². The summed E-state index contributed by atoms with van der Waals surface area (Å²) in [7, 11) is 0. The maximum Gasteiger partial charge on any atom is 0.0526 e. The van der Waals surface area contributed by atoms with Crippen molar-refractivity contribution in [1.82, 2.24) is 5.32 Å². The molecule has 2 unspecified atom stereocenters. The van der Waals surface area contributed by atoms with Gasteiger partial charge < -0.3 is 10.4 Å². The van der Waals surface area contributed by atoms with E-state index in [1.54, 1.807) is 0 Å². The standard InChI is InChI=1S/C8H19NOS/c1-7(6-8(2)10)9-4-5-11-3/h7-10H,4-6H2,1-3H3. The maximum atomic E-state index is 9.03. The van der Waals surface area contributed by atoms with Crippen LogP contribution in [0.3, 0.4) is 0 Å². The first-order valence-electron chi connectivity index (χ1n) is 4.07. The van der Waals surface area contributed by atoms with Crippen LogP contribution in [0, 0.1) is 0 Å². The van der Waals surface area contributed by atoms with Gasteiger partial charge >= 0.3 is 0 Å². The minimum atomic E-state index is -0.188. The molecule has 0 aliphatic carbocycles. The van der Waals surface area contributed by atoms with Crippen LogP contribution in [0.5, 0.6) is 0 Å². The van der Waals surface area contributed by atoms with E-state index in [2.05, 4.69) is 18.5 Å². The fourth-order valence-corrected chi connectivity index (χ4v) is 1.32. The van der Waals surface area contributed by atoms with Crippen LogP contribution in [0.1, 0.15) is 20.3 Å². The lowest BCUT2D eigenvalue weighted by atomic mass is 10.1. The molecule has 0 amide bonds. The molecule has 11 heavy (non-hydrogen) atoms. The second kappa shape index (κ2) is 6.95. The third-order valence-corrected chi connectivity index (χ3v) is 2.11. The van der Waals surface area contributed by atoms with Crippen molar-refractivity contribution in [2.24, 2.45) is 0 Å². The fourth-order valence-electron chi connectivity index (χ4n) is 1.00. The summed E-state index contributed by atoms with van der Waals surface area (Å²) in [5.41, 5.74) is 0. The lowest BCUT2D eigenvalue weighted by molar-refractivity contribution is 0.171. The third-order valence-electron chi connectivity index (χ3n) is 1.49. The normalized spacial score (nSPS) is 16.4. The highest BCUT2D eigenvalue weighted by Gasteiger charge is 2.03. The van der Waals surface area contributed by atoms with Gasteiger partial charge in [0.2, 0.25) is 0 Å². The van der Waals surface area contributed by atoms with Crippen LogP contribution >= 0.6 is 11.8 Å². The minimum Gasteiger partial charge on any atom is -0.393 e. The van der Waals surface area contributed by atoms with Crippen molar-refractivity contribution in [2.45, 2.75) is 32.4 Å². The smallest absolute Gasteiger partial charge is 0.0526 e. The summed E-state index contributed by atoms with van der Waals surface area (Å²) in [5, 5.41) is 12.4. The Bertz CT molecular complexity index is 88.2. The van der Waals surface area contributed by atoms with Gasteiger partial charge in [-0.05, 0) is 26.5 Å². The Morgan fingerprint density at radius 3 is 2.55 bits per heavy atom. The molecule has 0 spiro atoms. The van der Waals surface area contributed by atoms with Crippen molar-refractivity contribution < 1.29 is 5.11 Å². The molecule has 0 saturated heterocycles. The first-order chi connectivity index (χ1) is 5.16. The van der Waals surface area contributed by atoms with Crippen LogP contribution in [-0.2, 0) is 0 Å². The molecule has 0 saturated carbocycles. The van der Waals surface area contributed by atoms with E-state index in [4.69, 9.17) is 5.11 Å². The van der Waals surface area contributed by atoms with Gasteiger partial charge in [0.05, 0.1) is 6.10 Å². The lowest BCUT2D eigenvalue weighted by Gasteiger charge is -2.14. The quantitative estimate of drug-likeness (QED) is 0.596. The van der Waals surface area contributed by atoms with Gasteiger partial charge in [-0.15, -0.1) is 0 Å². The van der Waals surface area contributed by atoms with E-state index in [9.17, 15) is 0 Å². The van der Waals surface area contributed by atoms with Gasteiger partial charge in [0.1, 0.15) is 0 Å². The summed E-state index contributed by atoms with van der Waals surface area (Å²) < 4.78 is 0. The summed E-state index contributed by atoms with van der Waals surface area (Å²) in [4.78, 5) is 0. The average Bonchev–Trinajstić information content (AvgIpc) is 1.86. The van der Waals surface area contributed by atoms with E-state index >= 15 is 0 Å². The number of thioether (sulfide) groups is 1. The molecule has 2 atom stereocenters. The number of aliphatic hydroxyl groups excluding tert-OH is 1. The number of hydrogen-bond acceptors (Lipinski definition) is 3. The predicted molar refractivity (Wildman–Crippen MR) is 52.1 cm³/mol. The minimum absolute atomic E-state index is 0.188. The Morgan fingerprint density at radius 2 is 2.09 bits per heavy atom. The van der Waals surface area contributed by atoms with E-state index in [0.29, 0.717) is 6.04 Å². The average molecular weight is 177 g/mol. The molecule has 0 radical (unpaired) electrons. The molecule has 0 aromatic rings. The van der Waals surface area contributed by atoms with Crippen molar-refractivity contribution in [2.75, 3.05) is 18.6 Å². The molecule has 0 aliphatic rings. The second-order valence-electron chi connectivity index (χ2n) is 2.93. The Morgan fingerprint density at radius 1 is 1.45 bits per heavy atom. The molecular weight excluding hydrogens is 158 g/mol. The zero-order valence-corrected chi connectivity index (χ0v) is 8.45. The molecule has 2 nitrogen and oxygen atoms in total. The molecule has 0 bridgehead atoms. The molecule has 2 N–H and O–H groups in total. The first-order valence-corrected chi connectivity index (χ1v) is 5.46. The molecule has 68 valence electrons. The lowest BCUT2D eigenvalue weighted by Crippen LogP contribution is -2.30. The zero-order valence-electron chi connectivity index (χ0n) is 7.63. The van der Waals surface area contributed by atoms with Crippen molar-refractivity contribution in [1.29, 1.82) is 0 Å². The zero-order chi connectivity index (χ0) is 8.69. The van der Waals surface area contributed by atoms with Crippen molar-refractivity contribution in [3.8, 4) is 0 Å². The third kappa shape index (κ3) is 8.17. The summed E-state index contributed by atoms with van der Waals surface area (Å²) in [6.45, 7) is 4.97. The van der Waals surface area contributed by atoms with Crippen LogP contribution in [0.15, 0.2) is 0 Å². The van der Waals surface area contributed by atoms with Crippen LogP contribution in [-0.4, -0.2) is 35.8 Å². The molecule has 0 rings (SSSR count). The van der Waals surface area contributed by atoms with Crippen LogP contribution in [0.2, 0.25) is 0 Å².